The molecule has 2 nitrogen and oxygen atoms in total. The number of alkyl halides is 1. The van der Waals surface area contributed by atoms with E-state index in [0.717, 1.165) is 29.8 Å². The van der Waals surface area contributed by atoms with Crippen LogP contribution in [0.3, 0.4) is 0 Å². The van der Waals surface area contributed by atoms with E-state index in [1.807, 2.05) is 19.1 Å². The van der Waals surface area contributed by atoms with Gasteiger partial charge < -0.3 is 4.57 Å². The number of aromatic nitrogens is 2. The minimum atomic E-state index is -0.111. The van der Waals surface area contributed by atoms with E-state index in [1.165, 1.54) is 0 Å². The molecule has 1 aromatic carbocycles. The number of fused-ring (bicyclic) bond motifs is 1. The van der Waals surface area contributed by atoms with Gasteiger partial charge in [-0.2, -0.15) is 0 Å². The smallest absolute Gasteiger partial charge is 0.127 e. The van der Waals surface area contributed by atoms with E-state index in [0.29, 0.717) is 10.9 Å². The summed E-state index contributed by atoms with van der Waals surface area (Å²) in [6.07, 6.45) is 1.11. The minimum absolute atomic E-state index is 0.111. The van der Waals surface area contributed by atoms with Gasteiger partial charge in [0.05, 0.1) is 15.9 Å². The Morgan fingerprint density at radius 1 is 1.28 bits per heavy atom. The van der Waals surface area contributed by atoms with Crippen molar-refractivity contribution in [3.8, 4) is 0 Å². The molecule has 0 fully saturated rings. The number of hydrogen-bond donors (Lipinski definition) is 0. The van der Waals surface area contributed by atoms with Gasteiger partial charge in [-0.15, -0.1) is 11.6 Å². The molecular formula is C14H18Cl2N2. The number of para-hydroxylation sites is 1. The fourth-order valence-corrected chi connectivity index (χ4v) is 2.44. The van der Waals surface area contributed by atoms with E-state index < -0.39 is 0 Å². The SMILES string of the molecule is CC(C)CCn1c(C(C)Cl)nc2c(Cl)cccc21. The largest absolute Gasteiger partial charge is 0.327 e. The average Bonchev–Trinajstić information content (AvgIpc) is 2.66. The molecule has 0 aliphatic rings. The van der Waals surface area contributed by atoms with Crippen LogP contribution in [0.15, 0.2) is 18.2 Å². The zero-order valence-electron chi connectivity index (χ0n) is 11.0. The highest BCUT2D eigenvalue weighted by Crippen LogP contribution is 2.29. The van der Waals surface area contributed by atoms with Gasteiger partial charge in [-0.1, -0.05) is 31.5 Å². The standard InChI is InChI=1S/C14H18Cl2N2/c1-9(2)7-8-18-12-6-4-5-11(16)13(12)17-14(18)10(3)15/h4-6,9-10H,7-8H2,1-3H3. The van der Waals surface area contributed by atoms with Crippen molar-refractivity contribution in [3.05, 3.63) is 29.0 Å². The Morgan fingerprint density at radius 2 is 2.00 bits per heavy atom. The van der Waals surface area contributed by atoms with E-state index in [2.05, 4.69) is 29.5 Å². The van der Waals surface area contributed by atoms with Gasteiger partial charge in [0.1, 0.15) is 11.3 Å². The lowest BCUT2D eigenvalue weighted by Gasteiger charge is -2.12. The zero-order chi connectivity index (χ0) is 13.3. The van der Waals surface area contributed by atoms with Gasteiger partial charge in [-0.25, -0.2) is 4.98 Å². The Bertz CT molecular complexity index is 544. The summed E-state index contributed by atoms with van der Waals surface area (Å²) in [6.45, 7) is 7.31. The van der Waals surface area contributed by atoms with Crippen LogP contribution in [0.25, 0.3) is 11.0 Å². The summed E-state index contributed by atoms with van der Waals surface area (Å²) in [5.41, 5.74) is 1.93. The molecule has 0 N–H and O–H groups in total. The van der Waals surface area contributed by atoms with E-state index in [9.17, 15) is 0 Å². The number of rotatable bonds is 4. The molecule has 1 unspecified atom stereocenters. The molecule has 4 heteroatoms. The Kier molecular flexibility index (Phi) is 4.18. The second kappa shape index (κ2) is 5.50. The Morgan fingerprint density at radius 3 is 2.61 bits per heavy atom. The number of imidazole rings is 1. The Balaban J connectivity index is 2.52. The average molecular weight is 285 g/mol. The van der Waals surface area contributed by atoms with Gasteiger partial charge in [0, 0.05) is 6.54 Å². The molecule has 0 amide bonds. The topological polar surface area (TPSA) is 17.8 Å². The summed E-state index contributed by atoms with van der Waals surface area (Å²) < 4.78 is 2.19. The number of aryl methyl sites for hydroxylation is 1. The molecule has 2 rings (SSSR count). The van der Waals surface area contributed by atoms with Crippen molar-refractivity contribution in [3.63, 3.8) is 0 Å². The maximum Gasteiger partial charge on any atom is 0.127 e. The van der Waals surface area contributed by atoms with Crippen LogP contribution < -0.4 is 0 Å². The summed E-state index contributed by atoms with van der Waals surface area (Å²) in [5, 5.41) is 0.579. The fourth-order valence-electron chi connectivity index (χ4n) is 2.06. The summed E-state index contributed by atoms with van der Waals surface area (Å²) >= 11 is 12.4. The van der Waals surface area contributed by atoms with Crippen LogP contribution in [0.2, 0.25) is 5.02 Å². The quantitative estimate of drug-likeness (QED) is 0.720. The normalized spacial score (nSPS) is 13.4. The van der Waals surface area contributed by atoms with Crippen LogP contribution in [0.4, 0.5) is 0 Å². The highest BCUT2D eigenvalue weighted by atomic mass is 35.5. The van der Waals surface area contributed by atoms with Crippen LogP contribution in [-0.4, -0.2) is 9.55 Å². The van der Waals surface area contributed by atoms with Gasteiger partial charge in [-0.3, -0.25) is 0 Å². The maximum absolute atomic E-state index is 6.22. The molecule has 0 radical (unpaired) electrons. The van der Waals surface area contributed by atoms with E-state index in [4.69, 9.17) is 23.2 Å². The Hall–Kier alpha value is -0.730. The predicted molar refractivity (Wildman–Crippen MR) is 78.5 cm³/mol. The lowest BCUT2D eigenvalue weighted by atomic mass is 10.1. The number of halogens is 2. The molecule has 0 spiro atoms. The molecule has 1 aromatic heterocycles. The van der Waals surface area contributed by atoms with Crippen molar-refractivity contribution in [2.75, 3.05) is 0 Å². The van der Waals surface area contributed by atoms with Crippen molar-refractivity contribution in [2.45, 2.75) is 39.1 Å². The molecule has 1 atom stereocenters. The number of hydrogen-bond acceptors (Lipinski definition) is 1. The van der Waals surface area contributed by atoms with Crippen LogP contribution in [0.1, 0.15) is 38.4 Å². The molecule has 0 aliphatic heterocycles. The van der Waals surface area contributed by atoms with Gasteiger partial charge in [0.15, 0.2) is 0 Å². The number of nitrogens with zero attached hydrogens (tertiary/aromatic N) is 2. The van der Waals surface area contributed by atoms with Crippen molar-refractivity contribution >= 4 is 34.2 Å². The third-order valence-electron chi connectivity index (χ3n) is 3.05. The van der Waals surface area contributed by atoms with Crippen molar-refractivity contribution in [2.24, 2.45) is 5.92 Å². The molecule has 0 aliphatic carbocycles. The molecule has 18 heavy (non-hydrogen) atoms. The summed E-state index contributed by atoms with van der Waals surface area (Å²) in [5.74, 6) is 1.56. The monoisotopic (exact) mass is 284 g/mol. The molecule has 98 valence electrons. The van der Waals surface area contributed by atoms with Crippen LogP contribution in [-0.2, 0) is 6.54 Å². The maximum atomic E-state index is 6.22. The summed E-state index contributed by atoms with van der Waals surface area (Å²) in [4.78, 5) is 4.59. The van der Waals surface area contributed by atoms with Gasteiger partial charge in [0.25, 0.3) is 0 Å². The molecule has 0 saturated heterocycles. The number of benzene rings is 1. The van der Waals surface area contributed by atoms with E-state index >= 15 is 0 Å². The molecule has 0 bridgehead atoms. The first-order valence-electron chi connectivity index (χ1n) is 6.29. The summed E-state index contributed by atoms with van der Waals surface area (Å²) in [7, 11) is 0. The minimum Gasteiger partial charge on any atom is -0.327 e. The lowest BCUT2D eigenvalue weighted by molar-refractivity contribution is 0.512. The van der Waals surface area contributed by atoms with Gasteiger partial charge >= 0.3 is 0 Å². The zero-order valence-corrected chi connectivity index (χ0v) is 12.5. The van der Waals surface area contributed by atoms with Gasteiger partial charge in [0.2, 0.25) is 0 Å². The Labute approximate surface area is 118 Å². The third-order valence-corrected chi connectivity index (χ3v) is 3.55. The molecular weight excluding hydrogens is 267 g/mol. The van der Waals surface area contributed by atoms with Gasteiger partial charge in [-0.05, 0) is 31.4 Å². The first kappa shape index (κ1) is 13.7. The molecule has 0 saturated carbocycles. The predicted octanol–water partition coefficient (Wildman–Crippen LogP) is 5.04. The van der Waals surface area contributed by atoms with Crippen LogP contribution in [0, 0.1) is 5.92 Å². The first-order valence-corrected chi connectivity index (χ1v) is 7.11. The molecule has 1 heterocycles. The highest BCUT2D eigenvalue weighted by Gasteiger charge is 2.16. The highest BCUT2D eigenvalue weighted by molar-refractivity contribution is 6.35. The second-order valence-electron chi connectivity index (χ2n) is 5.03. The fraction of sp³-hybridized carbons (Fsp3) is 0.500. The van der Waals surface area contributed by atoms with Crippen LogP contribution >= 0.6 is 23.2 Å². The first-order chi connectivity index (χ1) is 8.50. The van der Waals surface area contributed by atoms with Crippen molar-refractivity contribution in [1.82, 2.24) is 9.55 Å². The summed E-state index contributed by atoms with van der Waals surface area (Å²) in [6, 6.07) is 5.88. The van der Waals surface area contributed by atoms with Crippen molar-refractivity contribution in [1.29, 1.82) is 0 Å². The second-order valence-corrected chi connectivity index (χ2v) is 6.09. The van der Waals surface area contributed by atoms with E-state index in [-0.39, 0.29) is 5.38 Å². The van der Waals surface area contributed by atoms with Crippen LogP contribution in [0.5, 0.6) is 0 Å². The molecule has 2 aromatic rings. The van der Waals surface area contributed by atoms with E-state index in [1.54, 1.807) is 0 Å². The van der Waals surface area contributed by atoms with Crippen molar-refractivity contribution < 1.29 is 0 Å². The lowest BCUT2D eigenvalue weighted by Crippen LogP contribution is -2.06. The third kappa shape index (κ3) is 2.65.